The van der Waals surface area contributed by atoms with E-state index in [0.717, 1.165) is 5.56 Å². The molecule has 33 heavy (non-hydrogen) atoms. The molecule has 1 aromatic heterocycles. The number of aromatic nitrogens is 1. The van der Waals surface area contributed by atoms with Crippen LogP contribution in [0.15, 0.2) is 67.0 Å². The van der Waals surface area contributed by atoms with Crippen LogP contribution in [0.5, 0.6) is 17.2 Å². The molecule has 172 valence electrons. The van der Waals surface area contributed by atoms with Crippen molar-refractivity contribution in [2.75, 3.05) is 11.9 Å². The molecule has 0 fully saturated rings. The highest BCUT2D eigenvalue weighted by Crippen LogP contribution is 2.27. The van der Waals surface area contributed by atoms with Crippen molar-refractivity contribution >= 4 is 17.5 Å². The normalized spacial score (nSPS) is 11.5. The van der Waals surface area contributed by atoms with Crippen molar-refractivity contribution in [3.05, 3.63) is 78.1 Å². The van der Waals surface area contributed by atoms with Gasteiger partial charge in [-0.3, -0.25) is 14.6 Å². The molecule has 0 aliphatic rings. The van der Waals surface area contributed by atoms with E-state index in [4.69, 9.17) is 9.47 Å². The minimum atomic E-state index is -0.698. The molecule has 0 saturated heterocycles. The Hall–Kier alpha value is -3.87. The lowest BCUT2D eigenvalue weighted by molar-refractivity contribution is -0.118. The molecule has 1 heterocycles. The minimum absolute atomic E-state index is 0.106. The number of aryl methyl sites for hydroxylation is 1. The molecule has 0 bridgehead atoms. The molecule has 0 aliphatic carbocycles. The number of carbonyl (C=O) groups excluding carboxylic acids is 2. The first-order valence-electron chi connectivity index (χ1n) is 10.9. The van der Waals surface area contributed by atoms with Crippen LogP contribution < -0.4 is 20.1 Å². The number of hydrogen-bond donors (Lipinski definition) is 2. The first kappa shape index (κ1) is 23.8. The summed E-state index contributed by atoms with van der Waals surface area (Å²) in [5, 5.41) is 5.74. The largest absolute Gasteiger partial charge is 0.494 e. The maximum atomic E-state index is 13.0. The van der Waals surface area contributed by atoms with Crippen LogP contribution in [0.1, 0.15) is 36.7 Å². The molecule has 2 amide bonds. The summed E-state index contributed by atoms with van der Waals surface area (Å²) in [5.74, 6) is 1.29. The van der Waals surface area contributed by atoms with Crippen LogP contribution in [0.3, 0.4) is 0 Å². The second kappa shape index (κ2) is 11.1. The number of nitrogens with one attached hydrogen (secondary N) is 2. The zero-order chi connectivity index (χ0) is 23.8. The molecule has 3 rings (SSSR count). The second-order valence-electron chi connectivity index (χ2n) is 7.91. The van der Waals surface area contributed by atoms with Gasteiger partial charge < -0.3 is 20.1 Å². The van der Waals surface area contributed by atoms with Crippen LogP contribution in [0.25, 0.3) is 0 Å². The average molecular weight is 448 g/mol. The third-order valence-electron chi connectivity index (χ3n) is 4.97. The summed E-state index contributed by atoms with van der Waals surface area (Å²) in [6, 6.07) is 15.1. The summed E-state index contributed by atoms with van der Waals surface area (Å²) in [7, 11) is 0. The molecular weight excluding hydrogens is 418 g/mol. The Bertz CT molecular complexity index is 1080. The standard InChI is InChI=1S/C26H29N3O4/c1-5-32-21-11-8-19(9-12-21)25(30)29-24(17(2)3)26(31)28-20-10-13-23(18(4)15-20)33-22-7-6-14-27-16-22/h6-17,24H,5H2,1-4H3,(H,28,31)(H,29,30). The molecule has 7 nitrogen and oxygen atoms in total. The van der Waals surface area contributed by atoms with E-state index in [1.54, 1.807) is 54.9 Å². The van der Waals surface area contributed by atoms with E-state index >= 15 is 0 Å². The first-order valence-corrected chi connectivity index (χ1v) is 10.9. The fourth-order valence-electron chi connectivity index (χ4n) is 3.22. The number of anilines is 1. The van der Waals surface area contributed by atoms with Gasteiger partial charge in [0.2, 0.25) is 5.91 Å². The van der Waals surface area contributed by atoms with Crippen LogP contribution >= 0.6 is 0 Å². The molecule has 0 radical (unpaired) electrons. The number of carbonyl (C=O) groups is 2. The summed E-state index contributed by atoms with van der Waals surface area (Å²) < 4.78 is 11.2. The van der Waals surface area contributed by atoms with Gasteiger partial charge in [-0.25, -0.2) is 0 Å². The van der Waals surface area contributed by atoms with E-state index in [-0.39, 0.29) is 17.7 Å². The highest BCUT2D eigenvalue weighted by Gasteiger charge is 2.25. The van der Waals surface area contributed by atoms with Gasteiger partial charge >= 0.3 is 0 Å². The number of nitrogens with zero attached hydrogens (tertiary/aromatic N) is 1. The molecule has 0 saturated carbocycles. The molecule has 2 N–H and O–H groups in total. The summed E-state index contributed by atoms with van der Waals surface area (Å²) >= 11 is 0. The predicted octanol–water partition coefficient (Wildman–Crippen LogP) is 4.97. The zero-order valence-corrected chi connectivity index (χ0v) is 19.3. The van der Waals surface area contributed by atoms with Crippen molar-refractivity contribution in [2.45, 2.75) is 33.7 Å². The van der Waals surface area contributed by atoms with Gasteiger partial charge in [0.05, 0.1) is 12.8 Å². The number of benzene rings is 2. The Morgan fingerprint density at radius 3 is 2.39 bits per heavy atom. The monoisotopic (exact) mass is 447 g/mol. The summed E-state index contributed by atoms with van der Waals surface area (Å²) in [5.41, 5.74) is 1.94. The van der Waals surface area contributed by atoms with Crippen molar-refractivity contribution in [1.29, 1.82) is 0 Å². The molecule has 1 atom stereocenters. The zero-order valence-electron chi connectivity index (χ0n) is 19.3. The third-order valence-corrected chi connectivity index (χ3v) is 4.97. The second-order valence-corrected chi connectivity index (χ2v) is 7.91. The smallest absolute Gasteiger partial charge is 0.251 e. The van der Waals surface area contributed by atoms with Crippen LogP contribution in [0.4, 0.5) is 5.69 Å². The van der Waals surface area contributed by atoms with Gasteiger partial charge in [-0.2, -0.15) is 0 Å². The van der Waals surface area contributed by atoms with E-state index in [9.17, 15) is 9.59 Å². The van der Waals surface area contributed by atoms with Crippen LogP contribution in [0, 0.1) is 12.8 Å². The van der Waals surface area contributed by atoms with Gasteiger partial charge in [-0.1, -0.05) is 13.8 Å². The topological polar surface area (TPSA) is 89.5 Å². The summed E-state index contributed by atoms with van der Waals surface area (Å²) in [4.78, 5) is 29.7. The Labute approximate surface area is 194 Å². The van der Waals surface area contributed by atoms with Crippen molar-refractivity contribution in [1.82, 2.24) is 10.3 Å². The molecule has 1 unspecified atom stereocenters. The van der Waals surface area contributed by atoms with Gasteiger partial charge in [-0.15, -0.1) is 0 Å². The molecular formula is C26H29N3O4. The third kappa shape index (κ3) is 6.55. The van der Waals surface area contributed by atoms with E-state index in [2.05, 4.69) is 15.6 Å². The highest BCUT2D eigenvalue weighted by molar-refractivity contribution is 6.01. The Morgan fingerprint density at radius 2 is 1.79 bits per heavy atom. The average Bonchev–Trinajstić information content (AvgIpc) is 2.80. The van der Waals surface area contributed by atoms with Gasteiger partial charge in [0, 0.05) is 17.4 Å². The van der Waals surface area contributed by atoms with Crippen molar-refractivity contribution < 1.29 is 19.1 Å². The maximum Gasteiger partial charge on any atom is 0.251 e. The van der Waals surface area contributed by atoms with Crippen molar-refractivity contribution in [2.24, 2.45) is 5.92 Å². The molecule has 2 aromatic carbocycles. The number of amides is 2. The SMILES string of the molecule is CCOc1ccc(C(=O)NC(C(=O)Nc2ccc(Oc3cccnc3)c(C)c2)C(C)C)cc1. The Balaban J connectivity index is 1.66. The van der Waals surface area contributed by atoms with Crippen LogP contribution in [-0.2, 0) is 4.79 Å². The fourth-order valence-corrected chi connectivity index (χ4v) is 3.22. The molecule has 3 aromatic rings. The number of rotatable bonds is 9. The van der Waals surface area contributed by atoms with E-state index in [1.807, 2.05) is 39.8 Å². The lowest BCUT2D eigenvalue weighted by Crippen LogP contribution is -2.47. The first-order chi connectivity index (χ1) is 15.9. The van der Waals surface area contributed by atoms with Crippen LogP contribution in [0.2, 0.25) is 0 Å². The lowest BCUT2D eigenvalue weighted by Gasteiger charge is -2.22. The number of hydrogen-bond acceptors (Lipinski definition) is 5. The van der Waals surface area contributed by atoms with Gasteiger partial charge in [0.15, 0.2) is 0 Å². The molecule has 0 spiro atoms. The maximum absolute atomic E-state index is 13.0. The van der Waals surface area contributed by atoms with Crippen LogP contribution in [-0.4, -0.2) is 29.4 Å². The lowest BCUT2D eigenvalue weighted by atomic mass is 10.0. The quantitative estimate of drug-likeness (QED) is 0.483. The van der Waals surface area contributed by atoms with Crippen molar-refractivity contribution in [3.63, 3.8) is 0 Å². The van der Waals surface area contributed by atoms with E-state index < -0.39 is 6.04 Å². The fraction of sp³-hybridized carbons (Fsp3) is 0.269. The Kier molecular flexibility index (Phi) is 8.02. The highest BCUT2D eigenvalue weighted by atomic mass is 16.5. The number of ether oxygens (including phenoxy) is 2. The summed E-state index contributed by atoms with van der Waals surface area (Å²) in [6.45, 7) is 8.12. The van der Waals surface area contributed by atoms with Crippen molar-refractivity contribution in [3.8, 4) is 17.2 Å². The van der Waals surface area contributed by atoms with E-state index in [0.29, 0.717) is 35.1 Å². The minimum Gasteiger partial charge on any atom is -0.494 e. The van der Waals surface area contributed by atoms with Gasteiger partial charge in [-0.05, 0) is 79.9 Å². The molecule has 7 heteroatoms. The number of pyridine rings is 1. The van der Waals surface area contributed by atoms with E-state index in [1.165, 1.54) is 0 Å². The van der Waals surface area contributed by atoms with Gasteiger partial charge in [0.1, 0.15) is 23.3 Å². The van der Waals surface area contributed by atoms with Gasteiger partial charge in [0.25, 0.3) is 5.91 Å². The Morgan fingerprint density at radius 1 is 1.03 bits per heavy atom. The predicted molar refractivity (Wildman–Crippen MR) is 128 cm³/mol. The summed E-state index contributed by atoms with van der Waals surface area (Å²) in [6.07, 6.45) is 3.31. The molecule has 0 aliphatic heterocycles.